The predicted molar refractivity (Wildman–Crippen MR) is 86.7 cm³/mol. The zero-order valence-electron chi connectivity index (χ0n) is 13.0. The molecule has 1 aromatic rings. The van der Waals surface area contributed by atoms with Crippen molar-refractivity contribution in [3.63, 3.8) is 0 Å². The molecule has 1 nitrogen and oxygen atoms in total. The van der Waals surface area contributed by atoms with Crippen molar-refractivity contribution in [1.29, 1.82) is 0 Å². The molecule has 0 aliphatic heterocycles. The van der Waals surface area contributed by atoms with Crippen LogP contribution in [0.25, 0.3) is 0 Å². The van der Waals surface area contributed by atoms with Gasteiger partial charge in [-0.1, -0.05) is 38.8 Å². The number of hydrogen-bond donors (Lipinski definition) is 0. The van der Waals surface area contributed by atoms with Gasteiger partial charge < -0.3 is 4.74 Å². The van der Waals surface area contributed by atoms with Crippen LogP contribution in [0.2, 0.25) is 0 Å². The molecule has 1 aliphatic carbocycles. The summed E-state index contributed by atoms with van der Waals surface area (Å²) in [6.45, 7) is 4.63. The van der Waals surface area contributed by atoms with E-state index >= 15 is 0 Å². The maximum Gasteiger partial charge on any atom is 0.119 e. The second kappa shape index (κ2) is 6.85. The Kier molecular flexibility index (Phi) is 5.37. The standard InChI is InChI=1S/C18H27ClO/c1-14(2)13-18(9-4-5-10-18)17(19)12-15-7-6-8-16(11-15)20-3/h6-8,11,14,17H,4-5,9-10,12-13H2,1-3H3. The van der Waals surface area contributed by atoms with E-state index < -0.39 is 0 Å². The number of hydrogen-bond acceptors (Lipinski definition) is 1. The lowest BCUT2D eigenvalue weighted by Gasteiger charge is -2.36. The van der Waals surface area contributed by atoms with Gasteiger partial charge in [0.25, 0.3) is 0 Å². The molecular formula is C18H27ClO. The van der Waals surface area contributed by atoms with Crippen LogP contribution in [0.15, 0.2) is 24.3 Å². The van der Waals surface area contributed by atoms with Gasteiger partial charge in [-0.25, -0.2) is 0 Å². The molecule has 2 rings (SSSR count). The highest BCUT2D eigenvalue weighted by Crippen LogP contribution is 2.48. The van der Waals surface area contributed by atoms with Crippen LogP contribution < -0.4 is 4.74 Å². The van der Waals surface area contributed by atoms with Crippen molar-refractivity contribution in [3.8, 4) is 5.75 Å². The van der Waals surface area contributed by atoms with Gasteiger partial charge in [-0.05, 0) is 54.7 Å². The molecule has 0 saturated heterocycles. The highest BCUT2D eigenvalue weighted by molar-refractivity contribution is 6.21. The van der Waals surface area contributed by atoms with Gasteiger partial charge in [-0.3, -0.25) is 0 Å². The molecule has 1 aromatic carbocycles. The van der Waals surface area contributed by atoms with E-state index in [1.54, 1.807) is 7.11 Å². The topological polar surface area (TPSA) is 9.23 Å². The zero-order valence-corrected chi connectivity index (χ0v) is 13.7. The van der Waals surface area contributed by atoms with Gasteiger partial charge in [0.05, 0.1) is 7.11 Å². The van der Waals surface area contributed by atoms with Crippen LogP contribution in [-0.2, 0) is 6.42 Å². The summed E-state index contributed by atoms with van der Waals surface area (Å²) < 4.78 is 5.31. The minimum Gasteiger partial charge on any atom is -0.497 e. The number of halogens is 1. The van der Waals surface area contributed by atoms with Gasteiger partial charge in [-0.2, -0.15) is 0 Å². The Morgan fingerprint density at radius 2 is 1.95 bits per heavy atom. The Morgan fingerprint density at radius 3 is 2.55 bits per heavy atom. The fourth-order valence-electron chi connectivity index (χ4n) is 3.76. The maximum absolute atomic E-state index is 6.88. The molecule has 0 spiro atoms. The Labute approximate surface area is 128 Å². The van der Waals surface area contributed by atoms with E-state index in [2.05, 4.69) is 32.0 Å². The Balaban J connectivity index is 2.09. The number of ether oxygens (including phenoxy) is 1. The largest absolute Gasteiger partial charge is 0.497 e. The van der Waals surface area contributed by atoms with Gasteiger partial charge >= 0.3 is 0 Å². The van der Waals surface area contributed by atoms with Gasteiger partial charge in [-0.15, -0.1) is 11.6 Å². The first-order chi connectivity index (χ1) is 9.55. The third-order valence-corrected chi connectivity index (χ3v) is 5.24. The summed E-state index contributed by atoms with van der Waals surface area (Å²) in [5, 5.41) is 0.236. The lowest BCUT2D eigenvalue weighted by atomic mass is 9.74. The summed E-state index contributed by atoms with van der Waals surface area (Å²) in [6.07, 6.45) is 7.48. The fourth-order valence-corrected chi connectivity index (χ4v) is 4.25. The summed E-state index contributed by atoms with van der Waals surface area (Å²) in [7, 11) is 1.72. The van der Waals surface area contributed by atoms with E-state index in [1.165, 1.54) is 37.7 Å². The molecule has 0 amide bonds. The number of alkyl halides is 1. The van der Waals surface area contributed by atoms with E-state index in [-0.39, 0.29) is 5.38 Å². The second-order valence-electron chi connectivity index (χ2n) is 6.69. The van der Waals surface area contributed by atoms with Crippen molar-refractivity contribution in [1.82, 2.24) is 0 Å². The van der Waals surface area contributed by atoms with Crippen LogP contribution in [0, 0.1) is 11.3 Å². The molecule has 0 radical (unpaired) electrons. The Bertz CT molecular complexity index is 421. The minimum absolute atomic E-state index is 0.236. The Hall–Kier alpha value is -0.690. The molecule has 1 atom stereocenters. The molecule has 1 fully saturated rings. The average Bonchev–Trinajstić information content (AvgIpc) is 2.88. The minimum atomic E-state index is 0.236. The predicted octanol–water partition coefficient (Wildman–Crippen LogP) is 5.45. The molecule has 0 aromatic heterocycles. The molecule has 112 valence electrons. The lowest BCUT2D eigenvalue weighted by molar-refractivity contribution is 0.221. The van der Waals surface area contributed by atoms with E-state index in [4.69, 9.17) is 16.3 Å². The van der Waals surface area contributed by atoms with Crippen molar-refractivity contribution < 1.29 is 4.74 Å². The molecule has 0 N–H and O–H groups in total. The monoisotopic (exact) mass is 294 g/mol. The maximum atomic E-state index is 6.88. The number of methoxy groups -OCH3 is 1. The van der Waals surface area contributed by atoms with Crippen LogP contribution in [-0.4, -0.2) is 12.5 Å². The molecule has 1 aliphatic rings. The molecular weight excluding hydrogens is 268 g/mol. The number of benzene rings is 1. The second-order valence-corrected chi connectivity index (χ2v) is 7.22. The van der Waals surface area contributed by atoms with E-state index in [9.17, 15) is 0 Å². The van der Waals surface area contributed by atoms with Crippen molar-refractivity contribution in [2.45, 2.75) is 57.7 Å². The van der Waals surface area contributed by atoms with Crippen molar-refractivity contribution in [2.24, 2.45) is 11.3 Å². The van der Waals surface area contributed by atoms with Gasteiger partial charge in [0.1, 0.15) is 5.75 Å². The van der Waals surface area contributed by atoms with Gasteiger partial charge in [0.15, 0.2) is 0 Å². The fraction of sp³-hybridized carbons (Fsp3) is 0.667. The quantitative estimate of drug-likeness (QED) is 0.634. The van der Waals surface area contributed by atoms with Crippen molar-refractivity contribution in [3.05, 3.63) is 29.8 Å². The van der Waals surface area contributed by atoms with Crippen LogP contribution in [0.3, 0.4) is 0 Å². The highest BCUT2D eigenvalue weighted by Gasteiger charge is 2.40. The molecule has 2 heteroatoms. The molecule has 0 bridgehead atoms. The molecule has 1 unspecified atom stereocenters. The Morgan fingerprint density at radius 1 is 1.25 bits per heavy atom. The van der Waals surface area contributed by atoms with E-state index in [0.717, 1.165) is 18.1 Å². The average molecular weight is 295 g/mol. The van der Waals surface area contributed by atoms with Crippen LogP contribution in [0.1, 0.15) is 51.5 Å². The normalized spacial score (nSPS) is 19.2. The van der Waals surface area contributed by atoms with Crippen molar-refractivity contribution >= 4 is 11.6 Å². The summed E-state index contributed by atoms with van der Waals surface area (Å²) in [4.78, 5) is 0. The molecule has 1 saturated carbocycles. The van der Waals surface area contributed by atoms with Gasteiger partial charge in [0.2, 0.25) is 0 Å². The molecule has 20 heavy (non-hydrogen) atoms. The van der Waals surface area contributed by atoms with E-state index in [1.807, 2.05) is 6.07 Å². The SMILES string of the molecule is COc1cccc(CC(Cl)C2(CC(C)C)CCCC2)c1. The summed E-state index contributed by atoms with van der Waals surface area (Å²) >= 11 is 6.88. The smallest absolute Gasteiger partial charge is 0.119 e. The lowest BCUT2D eigenvalue weighted by Crippen LogP contribution is -2.31. The van der Waals surface area contributed by atoms with Gasteiger partial charge in [0, 0.05) is 5.38 Å². The third kappa shape index (κ3) is 3.69. The first kappa shape index (κ1) is 15.7. The summed E-state index contributed by atoms with van der Waals surface area (Å²) in [5.41, 5.74) is 1.64. The third-order valence-electron chi connectivity index (χ3n) is 4.63. The van der Waals surface area contributed by atoms with E-state index in [0.29, 0.717) is 5.41 Å². The highest BCUT2D eigenvalue weighted by atomic mass is 35.5. The molecule has 0 heterocycles. The first-order valence-corrected chi connectivity index (χ1v) is 8.26. The summed E-state index contributed by atoms with van der Waals surface area (Å²) in [6, 6.07) is 8.33. The summed E-state index contributed by atoms with van der Waals surface area (Å²) in [5.74, 6) is 1.65. The zero-order chi connectivity index (χ0) is 14.6. The van der Waals surface area contributed by atoms with Crippen molar-refractivity contribution in [2.75, 3.05) is 7.11 Å². The van der Waals surface area contributed by atoms with Crippen LogP contribution in [0.5, 0.6) is 5.75 Å². The first-order valence-electron chi connectivity index (χ1n) is 7.83. The van der Waals surface area contributed by atoms with Crippen LogP contribution >= 0.6 is 11.6 Å². The van der Waals surface area contributed by atoms with Crippen LogP contribution in [0.4, 0.5) is 0 Å². The number of rotatable bonds is 6.